The van der Waals surface area contributed by atoms with Gasteiger partial charge in [-0.25, -0.2) is 9.59 Å². The minimum Gasteiger partial charge on any atom is -0.467 e. The molecule has 1 atom stereocenters. The summed E-state index contributed by atoms with van der Waals surface area (Å²) in [5, 5.41) is 0. The first kappa shape index (κ1) is 16.1. The summed E-state index contributed by atoms with van der Waals surface area (Å²) < 4.78 is 10.1. The van der Waals surface area contributed by atoms with E-state index in [0.29, 0.717) is 26.3 Å². The Labute approximate surface area is 126 Å². The van der Waals surface area contributed by atoms with Crippen LogP contribution in [0.4, 0.5) is 4.79 Å². The van der Waals surface area contributed by atoms with Crippen LogP contribution in [0.25, 0.3) is 0 Å². The molecule has 0 bridgehead atoms. The Balaban J connectivity index is 2.12. The molecule has 120 valence electrons. The quantitative estimate of drug-likeness (QED) is 0.743. The molecule has 1 aliphatic carbocycles. The number of methoxy groups -OCH3 is 1. The van der Waals surface area contributed by atoms with Gasteiger partial charge in [0.15, 0.2) is 0 Å². The van der Waals surface area contributed by atoms with E-state index in [1.165, 1.54) is 13.5 Å². The molecule has 0 aromatic rings. The van der Waals surface area contributed by atoms with Gasteiger partial charge in [-0.2, -0.15) is 0 Å². The van der Waals surface area contributed by atoms with Gasteiger partial charge in [0, 0.05) is 19.1 Å². The molecule has 0 aromatic heterocycles. The van der Waals surface area contributed by atoms with Crippen molar-refractivity contribution in [1.29, 1.82) is 0 Å². The molecule has 1 aliphatic heterocycles. The second kappa shape index (κ2) is 7.64. The first-order valence-corrected chi connectivity index (χ1v) is 7.88. The van der Waals surface area contributed by atoms with Crippen LogP contribution in [0, 0.1) is 0 Å². The van der Waals surface area contributed by atoms with E-state index in [0.717, 1.165) is 25.7 Å². The van der Waals surface area contributed by atoms with E-state index in [2.05, 4.69) is 0 Å². The number of urea groups is 1. The highest BCUT2D eigenvalue weighted by molar-refractivity contribution is 5.83. The Bertz CT molecular complexity index is 363. The molecule has 1 saturated carbocycles. The summed E-state index contributed by atoms with van der Waals surface area (Å²) in [6.45, 7) is 4.08. The fourth-order valence-corrected chi connectivity index (χ4v) is 3.20. The van der Waals surface area contributed by atoms with Crippen LogP contribution in [0.1, 0.15) is 39.0 Å². The highest BCUT2D eigenvalue weighted by Gasteiger charge is 2.36. The number of hydrogen-bond acceptors (Lipinski definition) is 4. The molecule has 0 radical (unpaired) electrons. The standard InChI is InChI=1S/C15H26N2O4/c1-12(14(18)20-2)17(13-6-4-3-5-7-13)15(19)16-8-10-21-11-9-16/h12-13H,3-11H2,1-2H3/t12-/m0/s1. The number of morpholine rings is 1. The van der Waals surface area contributed by atoms with Crippen LogP contribution in [-0.2, 0) is 14.3 Å². The first-order valence-electron chi connectivity index (χ1n) is 7.88. The highest BCUT2D eigenvalue weighted by atomic mass is 16.5. The smallest absolute Gasteiger partial charge is 0.328 e. The van der Waals surface area contributed by atoms with Gasteiger partial charge in [-0.3, -0.25) is 0 Å². The van der Waals surface area contributed by atoms with Crippen LogP contribution in [0.15, 0.2) is 0 Å². The average molecular weight is 298 g/mol. The van der Waals surface area contributed by atoms with Crippen molar-refractivity contribution >= 4 is 12.0 Å². The van der Waals surface area contributed by atoms with Crippen molar-refractivity contribution in [2.24, 2.45) is 0 Å². The van der Waals surface area contributed by atoms with Gasteiger partial charge < -0.3 is 19.3 Å². The summed E-state index contributed by atoms with van der Waals surface area (Å²) in [5.41, 5.74) is 0. The summed E-state index contributed by atoms with van der Waals surface area (Å²) >= 11 is 0. The highest BCUT2D eigenvalue weighted by Crippen LogP contribution is 2.26. The van der Waals surface area contributed by atoms with Crippen molar-refractivity contribution in [3.05, 3.63) is 0 Å². The van der Waals surface area contributed by atoms with Crippen LogP contribution >= 0.6 is 0 Å². The SMILES string of the molecule is COC(=O)[C@H](C)N(C(=O)N1CCOCC1)C1CCCCC1. The zero-order chi connectivity index (χ0) is 15.2. The van der Waals surface area contributed by atoms with Gasteiger partial charge in [0.25, 0.3) is 0 Å². The zero-order valence-electron chi connectivity index (χ0n) is 13.0. The molecule has 1 saturated heterocycles. The lowest BCUT2D eigenvalue weighted by Crippen LogP contribution is -2.57. The summed E-state index contributed by atoms with van der Waals surface area (Å²) in [4.78, 5) is 28.3. The second-order valence-electron chi connectivity index (χ2n) is 5.78. The lowest BCUT2D eigenvalue weighted by molar-refractivity contribution is -0.146. The summed E-state index contributed by atoms with van der Waals surface area (Å²) in [5.74, 6) is -0.345. The zero-order valence-corrected chi connectivity index (χ0v) is 13.0. The van der Waals surface area contributed by atoms with Gasteiger partial charge in [0.2, 0.25) is 0 Å². The lowest BCUT2D eigenvalue weighted by atomic mass is 9.93. The first-order chi connectivity index (χ1) is 10.1. The van der Waals surface area contributed by atoms with Crippen LogP contribution < -0.4 is 0 Å². The molecule has 0 N–H and O–H groups in total. The number of rotatable bonds is 3. The lowest BCUT2D eigenvalue weighted by Gasteiger charge is -2.41. The molecule has 2 fully saturated rings. The van der Waals surface area contributed by atoms with Gasteiger partial charge >= 0.3 is 12.0 Å². The Morgan fingerprint density at radius 1 is 1.19 bits per heavy atom. The number of hydrogen-bond donors (Lipinski definition) is 0. The molecule has 2 amide bonds. The summed E-state index contributed by atoms with van der Waals surface area (Å²) in [7, 11) is 1.37. The van der Waals surface area contributed by atoms with Gasteiger partial charge in [0.1, 0.15) is 6.04 Å². The molecule has 6 nitrogen and oxygen atoms in total. The van der Waals surface area contributed by atoms with Gasteiger partial charge in [-0.15, -0.1) is 0 Å². The Morgan fingerprint density at radius 2 is 1.81 bits per heavy atom. The fourth-order valence-electron chi connectivity index (χ4n) is 3.20. The van der Waals surface area contributed by atoms with E-state index in [9.17, 15) is 9.59 Å². The molecule has 1 heterocycles. The van der Waals surface area contributed by atoms with Crippen molar-refractivity contribution in [3.8, 4) is 0 Å². The summed E-state index contributed by atoms with van der Waals surface area (Å²) in [6, 6.07) is -0.445. The van der Waals surface area contributed by atoms with Crippen molar-refractivity contribution in [2.75, 3.05) is 33.4 Å². The Kier molecular flexibility index (Phi) is 5.85. The minimum absolute atomic E-state index is 0.0527. The van der Waals surface area contributed by atoms with E-state index in [1.54, 1.807) is 16.7 Å². The van der Waals surface area contributed by atoms with Crippen LogP contribution in [0.3, 0.4) is 0 Å². The number of nitrogens with zero attached hydrogens (tertiary/aromatic N) is 2. The fraction of sp³-hybridized carbons (Fsp3) is 0.867. The largest absolute Gasteiger partial charge is 0.467 e. The molecule has 2 rings (SSSR count). The van der Waals surface area contributed by atoms with Gasteiger partial charge in [-0.05, 0) is 19.8 Å². The molecule has 21 heavy (non-hydrogen) atoms. The topological polar surface area (TPSA) is 59.1 Å². The van der Waals surface area contributed by atoms with Crippen molar-refractivity contribution < 1.29 is 19.1 Å². The second-order valence-corrected chi connectivity index (χ2v) is 5.78. The molecule has 6 heteroatoms. The molecule has 0 spiro atoms. The van der Waals surface area contributed by atoms with E-state index in [-0.39, 0.29) is 18.0 Å². The van der Waals surface area contributed by atoms with Gasteiger partial charge in [0.05, 0.1) is 20.3 Å². The summed E-state index contributed by atoms with van der Waals surface area (Å²) in [6.07, 6.45) is 5.38. The minimum atomic E-state index is -0.534. The number of esters is 1. The van der Waals surface area contributed by atoms with Crippen LogP contribution in [0.2, 0.25) is 0 Å². The maximum Gasteiger partial charge on any atom is 0.328 e. The average Bonchev–Trinajstić information content (AvgIpc) is 2.56. The molecule has 0 aromatic carbocycles. The van der Waals surface area contributed by atoms with E-state index in [1.807, 2.05) is 0 Å². The van der Waals surface area contributed by atoms with Crippen LogP contribution in [-0.4, -0.2) is 67.3 Å². The number of ether oxygens (including phenoxy) is 2. The van der Waals surface area contributed by atoms with Gasteiger partial charge in [-0.1, -0.05) is 19.3 Å². The van der Waals surface area contributed by atoms with E-state index < -0.39 is 6.04 Å². The third-order valence-corrected chi connectivity index (χ3v) is 4.43. The Hall–Kier alpha value is -1.30. The molecule has 0 unspecified atom stereocenters. The van der Waals surface area contributed by atoms with Crippen molar-refractivity contribution in [3.63, 3.8) is 0 Å². The predicted molar refractivity (Wildman–Crippen MR) is 78.0 cm³/mol. The van der Waals surface area contributed by atoms with Crippen molar-refractivity contribution in [2.45, 2.75) is 51.1 Å². The van der Waals surface area contributed by atoms with Crippen molar-refractivity contribution in [1.82, 2.24) is 9.80 Å². The normalized spacial score (nSPS) is 21.7. The number of carbonyl (C=O) groups excluding carboxylic acids is 2. The molecular weight excluding hydrogens is 272 g/mol. The maximum atomic E-state index is 12.8. The predicted octanol–water partition coefficient (Wildman–Crippen LogP) is 1.63. The van der Waals surface area contributed by atoms with E-state index >= 15 is 0 Å². The number of carbonyl (C=O) groups is 2. The third kappa shape index (κ3) is 3.87. The Morgan fingerprint density at radius 3 is 2.38 bits per heavy atom. The molecule has 2 aliphatic rings. The molecular formula is C15H26N2O4. The van der Waals surface area contributed by atoms with Crippen LogP contribution in [0.5, 0.6) is 0 Å². The third-order valence-electron chi connectivity index (χ3n) is 4.43. The number of amides is 2. The maximum absolute atomic E-state index is 12.8. The monoisotopic (exact) mass is 298 g/mol. The van der Waals surface area contributed by atoms with E-state index in [4.69, 9.17) is 9.47 Å².